The normalized spacial score (nSPS) is 24.7. The SMILES string of the molecule is CC1=CC=CC(C)(C)C1/C=C/C(C)=C/C=C/C(C)=C\C=C/C=C(C)/C=C/C=C(C)/C=C/C1=C(C)CC(O)CC1(C)C. The second-order valence-corrected chi connectivity index (χ2v) is 13.1. The van der Waals surface area contributed by atoms with E-state index in [1.807, 2.05) is 0 Å². The minimum atomic E-state index is -0.222. The third kappa shape index (κ3) is 11.7. The summed E-state index contributed by atoms with van der Waals surface area (Å²) in [5.41, 5.74) is 9.09. The van der Waals surface area contributed by atoms with Crippen LogP contribution in [0.15, 0.2) is 142 Å². The first-order valence-corrected chi connectivity index (χ1v) is 15.0. The average Bonchev–Trinajstić information content (AvgIpc) is 2.84. The Balaban J connectivity index is 1.89. The molecule has 0 aromatic carbocycles. The number of allylic oxidation sites excluding steroid dienone is 23. The lowest BCUT2D eigenvalue weighted by molar-refractivity contribution is 0.116. The maximum absolute atomic E-state index is 10.1. The summed E-state index contributed by atoms with van der Waals surface area (Å²) in [5.74, 6) is 0.438. The highest BCUT2D eigenvalue weighted by Crippen LogP contribution is 2.41. The molecule has 0 fully saturated rings. The predicted molar refractivity (Wildman–Crippen MR) is 183 cm³/mol. The first-order valence-electron chi connectivity index (χ1n) is 15.0. The summed E-state index contributed by atoms with van der Waals surface area (Å²) in [5, 5.41) is 10.1. The Morgan fingerprint density at radius 2 is 1.27 bits per heavy atom. The molecule has 0 saturated carbocycles. The number of rotatable bonds is 10. The predicted octanol–water partition coefficient (Wildman–Crippen LogP) is 11.2. The summed E-state index contributed by atoms with van der Waals surface area (Å²) in [6.45, 7) is 21.9. The largest absolute Gasteiger partial charge is 0.393 e. The Labute approximate surface area is 251 Å². The van der Waals surface area contributed by atoms with Crippen molar-refractivity contribution >= 4 is 0 Å². The van der Waals surface area contributed by atoms with Crippen LogP contribution in [0.2, 0.25) is 0 Å². The van der Waals surface area contributed by atoms with E-state index in [9.17, 15) is 5.11 Å². The highest BCUT2D eigenvalue weighted by atomic mass is 16.3. The van der Waals surface area contributed by atoms with Crippen LogP contribution in [-0.4, -0.2) is 11.2 Å². The van der Waals surface area contributed by atoms with Crippen molar-refractivity contribution in [2.45, 2.75) is 88.2 Å². The quantitative estimate of drug-likeness (QED) is 0.268. The van der Waals surface area contributed by atoms with Crippen molar-refractivity contribution in [3.8, 4) is 0 Å². The highest BCUT2D eigenvalue weighted by molar-refractivity contribution is 5.38. The summed E-state index contributed by atoms with van der Waals surface area (Å²) in [4.78, 5) is 0. The third-order valence-corrected chi connectivity index (χ3v) is 7.98. The van der Waals surface area contributed by atoms with E-state index in [1.165, 1.54) is 39.0 Å². The zero-order valence-electron chi connectivity index (χ0n) is 27.3. The first-order chi connectivity index (χ1) is 19.2. The van der Waals surface area contributed by atoms with Gasteiger partial charge in [0.15, 0.2) is 0 Å². The van der Waals surface area contributed by atoms with Gasteiger partial charge >= 0.3 is 0 Å². The van der Waals surface area contributed by atoms with Gasteiger partial charge in [-0.1, -0.05) is 164 Å². The minimum Gasteiger partial charge on any atom is -0.393 e. The number of aliphatic hydroxyl groups excluding tert-OH is 1. The van der Waals surface area contributed by atoms with Crippen LogP contribution in [0, 0.1) is 16.7 Å². The van der Waals surface area contributed by atoms with Gasteiger partial charge < -0.3 is 5.11 Å². The van der Waals surface area contributed by atoms with Gasteiger partial charge in [-0.3, -0.25) is 0 Å². The summed E-state index contributed by atoms with van der Waals surface area (Å²) >= 11 is 0. The lowest BCUT2D eigenvalue weighted by atomic mass is 9.71. The molecule has 2 aliphatic carbocycles. The Kier molecular flexibility index (Phi) is 13.1. The fourth-order valence-corrected chi connectivity index (χ4v) is 5.62. The molecule has 0 spiro atoms. The van der Waals surface area contributed by atoms with E-state index in [-0.39, 0.29) is 16.9 Å². The van der Waals surface area contributed by atoms with Gasteiger partial charge in [0.05, 0.1) is 6.10 Å². The maximum atomic E-state index is 10.1. The Bertz CT molecular complexity index is 1280. The lowest BCUT2D eigenvalue weighted by Gasteiger charge is -2.35. The van der Waals surface area contributed by atoms with E-state index < -0.39 is 0 Å². The molecule has 0 heterocycles. The molecule has 1 nitrogen and oxygen atoms in total. The fourth-order valence-electron chi connectivity index (χ4n) is 5.62. The van der Waals surface area contributed by atoms with Crippen molar-refractivity contribution in [3.05, 3.63) is 142 Å². The third-order valence-electron chi connectivity index (χ3n) is 7.98. The maximum Gasteiger partial charge on any atom is 0.0585 e. The van der Waals surface area contributed by atoms with E-state index in [2.05, 4.69) is 173 Å². The van der Waals surface area contributed by atoms with E-state index in [0.29, 0.717) is 5.92 Å². The summed E-state index contributed by atoms with van der Waals surface area (Å²) in [7, 11) is 0. The molecule has 2 rings (SSSR count). The Hall–Kier alpha value is -3.16. The van der Waals surface area contributed by atoms with Crippen molar-refractivity contribution in [1.29, 1.82) is 0 Å². The van der Waals surface area contributed by atoms with Gasteiger partial charge in [0.1, 0.15) is 0 Å². The van der Waals surface area contributed by atoms with Crippen LogP contribution in [-0.2, 0) is 0 Å². The number of hydrogen-bond acceptors (Lipinski definition) is 1. The number of aliphatic hydroxyl groups is 1. The smallest absolute Gasteiger partial charge is 0.0585 e. The lowest BCUT2D eigenvalue weighted by Crippen LogP contribution is -2.28. The Morgan fingerprint density at radius 1 is 0.756 bits per heavy atom. The van der Waals surface area contributed by atoms with Crippen LogP contribution in [0.5, 0.6) is 0 Å². The van der Waals surface area contributed by atoms with Crippen LogP contribution in [0.1, 0.15) is 82.1 Å². The van der Waals surface area contributed by atoms with Crippen LogP contribution in [0.4, 0.5) is 0 Å². The van der Waals surface area contributed by atoms with Crippen molar-refractivity contribution in [2.75, 3.05) is 0 Å². The molecule has 0 saturated heterocycles. The van der Waals surface area contributed by atoms with E-state index >= 15 is 0 Å². The molecule has 220 valence electrons. The van der Waals surface area contributed by atoms with Gasteiger partial charge in [0, 0.05) is 5.92 Å². The summed E-state index contributed by atoms with van der Waals surface area (Å²) in [6, 6.07) is 0. The monoisotopic (exact) mass is 550 g/mol. The molecule has 2 aliphatic rings. The molecule has 2 atom stereocenters. The first kappa shape index (κ1) is 34.0. The van der Waals surface area contributed by atoms with Gasteiger partial charge in [-0.05, 0) is 70.8 Å². The van der Waals surface area contributed by atoms with Crippen molar-refractivity contribution in [2.24, 2.45) is 16.7 Å². The van der Waals surface area contributed by atoms with Crippen molar-refractivity contribution < 1.29 is 5.11 Å². The standard InChI is InChI=1S/C40H54O/c1-30(18-13-20-32(3)23-25-37-34(5)22-15-27-39(37,7)8)16-11-12-17-31(2)19-14-21-33(4)24-26-38-35(6)28-36(41)29-40(38,9)10/h11-27,36-37,41H,28-29H2,1-10H3/b12-11-,18-13+,19-14+,25-23+,26-24+,30-16-,31-17+,32-20+,33-21+. The second kappa shape index (κ2) is 15.7. The van der Waals surface area contributed by atoms with Crippen LogP contribution in [0.3, 0.4) is 0 Å². The molecule has 0 amide bonds. The molecule has 2 unspecified atom stereocenters. The Morgan fingerprint density at radius 3 is 1.80 bits per heavy atom. The van der Waals surface area contributed by atoms with Crippen LogP contribution >= 0.6 is 0 Å². The van der Waals surface area contributed by atoms with Gasteiger partial charge in [-0.2, -0.15) is 0 Å². The molecule has 0 aromatic heterocycles. The zero-order valence-corrected chi connectivity index (χ0v) is 27.3. The van der Waals surface area contributed by atoms with Crippen molar-refractivity contribution in [3.63, 3.8) is 0 Å². The van der Waals surface area contributed by atoms with Gasteiger partial charge in [-0.15, -0.1) is 0 Å². The van der Waals surface area contributed by atoms with E-state index in [0.717, 1.165) is 12.8 Å². The van der Waals surface area contributed by atoms with Crippen LogP contribution in [0.25, 0.3) is 0 Å². The molecule has 1 N–H and O–H groups in total. The molecule has 0 radical (unpaired) electrons. The molecule has 0 bridgehead atoms. The summed E-state index contributed by atoms with van der Waals surface area (Å²) < 4.78 is 0. The van der Waals surface area contributed by atoms with Gasteiger partial charge in [0.2, 0.25) is 0 Å². The topological polar surface area (TPSA) is 20.2 Å². The molecule has 1 heteroatoms. The van der Waals surface area contributed by atoms with E-state index in [1.54, 1.807) is 0 Å². The highest BCUT2D eigenvalue weighted by Gasteiger charge is 2.31. The molecular formula is C40H54O. The van der Waals surface area contributed by atoms with Gasteiger partial charge in [0.25, 0.3) is 0 Å². The zero-order chi connectivity index (χ0) is 30.6. The van der Waals surface area contributed by atoms with E-state index in [4.69, 9.17) is 0 Å². The molecule has 0 aliphatic heterocycles. The molecule has 0 aromatic rings. The average molecular weight is 551 g/mol. The minimum absolute atomic E-state index is 0.0108. The fraction of sp³-hybridized carbons (Fsp3) is 0.400. The van der Waals surface area contributed by atoms with Crippen LogP contribution < -0.4 is 0 Å². The summed E-state index contributed by atoms with van der Waals surface area (Å²) in [6.07, 6.45) is 38.3. The number of hydrogen-bond donors (Lipinski definition) is 1. The van der Waals surface area contributed by atoms with Crippen molar-refractivity contribution in [1.82, 2.24) is 0 Å². The molecular weight excluding hydrogens is 496 g/mol. The molecule has 41 heavy (non-hydrogen) atoms. The second-order valence-electron chi connectivity index (χ2n) is 13.1. The van der Waals surface area contributed by atoms with Gasteiger partial charge in [-0.25, -0.2) is 0 Å².